The second kappa shape index (κ2) is 6.68. The van der Waals surface area contributed by atoms with E-state index in [1.54, 1.807) is 4.90 Å². The van der Waals surface area contributed by atoms with Gasteiger partial charge in [0.15, 0.2) is 0 Å². The molecule has 0 bridgehead atoms. The number of thiocarbonyl (C=S) groups is 1. The molecule has 1 amide bonds. The lowest BCUT2D eigenvalue weighted by molar-refractivity contribution is 0.0621. The number of halogens is 2. The van der Waals surface area contributed by atoms with E-state index in [0.29, 0.717) is 31.2 Å². The van der Waals surface area contributed by atoms with Crippen molar-refractivity contribution in [2.75, 3.05) is 26.2 Å². The first-order valence-corrected chi connectivity index (χ1v) is 7.47. The van der Waals surface area contributed by atoms with Crippen LogP contribution in [0.3, 0.4) is 0 Å². The summed E-state index contributed by atoms with van der Waals surface area (Å²) in [5.74, 6) is -0.828. The van der Waals surface area contributed by atoms with Crippen molar-refractivity contribution in [2.24, 2.45) is 5.73 Å². The van der Waals surface area contributed by atoms with Gasteiger partial charge in [0.1, 0.15) is 5.82 Å². The maximum absolute atomic E-state index is 13.4. The van der Waals surface area contributed by atoms with Crippen LogP contribution in [0.15, 0.2) is 18.2 Å². The van der Waals surface area contributed by atoms with Gasteiger partial charge in [0.05, 0.1) is 21.6 Å². The second-order valence-electron chi connectivity index (χ2n) is 5.01. The molecule has 1 aromatic carbocycles. The molecule has 1 saturated heterocycles. The first-order chi connectivity index (χ1) is 9.91. The van der Waals surface area contributed by atoms with E-state index < -0.39 is 5.82 Å². The fraction of sp³-hybridized carbons (Fsp3) is 0.429. The lowest BCUT2D eigenvalue weighted by atomic mass is 10.1. The van der Waals surface area contributed by atoms with Crippen LogP contribution in [0.5, 0.6) is 0 Å². The lowest BCUT2D eigenvalue weighted by Crippen LogP contribution is -2.54. The van der Waals surface area contributed by atoms with Crippen molar-refractivity contribution in [2.45, 2.75) is 13.0 Å². The molecule has 1 heterocycles. The maximum atomic E-state index is 13.4. The molecule has 2 rings (SSSR count). The Labute approximate surface area is 133 Å². The van der Waals surface area contributed by atoms with Crippen molar-refractivity contribution in [3.63, 3.8) is 0 Å². The molecule has 0 aromatic heterocycles. The van der Waals surface area contributed by atoms with Gasteiger partial charge in [-0.15, -0.1) is 0 Å². The van der Waals surface area contributed by atoms with Gasteiger partial charge in [-0.05, 0) is 19.1 Å². The Morgan fingerprint density at radius 2 is 2.00 bits per heavy atom. The van der Waals surface area contributed by atoms with Crippen molar-refractivity contribution in [3.05, 3.63) is 34.6 Å². The normalized spacial score (nSPS) is 17.6. The predicted octanol–water partition coefficient (Wildman–Crippen LogP) is 1.91. The number of nitrogens with two attached hydrogens (primary N) is 1. The molecule has 1 aliphatic rings. The molecule has 114 valence electrons. The van der Waals surface area contributed by atoms with Crippen molar-refractivity contribution in [3.8, 4) is 0 Å². The quantitative estimate of drug-likeness (QED) is 0.861. The van der Waals surface area contributed by atoms with Crippen LogP contribution in [-0.4, -0.2) is 52.9 Å². The maximum Gasteiger partial charge on any atom is 0.255 e. The van der Waals surface area contributed by atoms with Gasteiger partial charge < -0.3 is 10.6 Å². The Hall–Kier alpha value is -1.24. The van der Waals surface area contributed by atoms with E-state index in [1.807, 2.05) is 6.92 Å². The summed E-state index contributed by atoms with van der Waals surface area (Å²) in [6.45, 7) is 4.38. The summed E-state index contributed by atoms with van der Waals surface area (Å²) in [6, 6.07) is 4.27. The Bertz CT molecular complexity index is 561. The molecule has 0 aliphatic carbocycles. The van der Waals surface area contributed by atoms with Crippen LogP contribution in [0, 0.1) is 5.82 Å². The van der Waals surface area contributed by atoms with Crippen LogP contribution < -0.4 is 5.73 Å². The highest BCUT2D eigenvalue weighted by Crippen LogP contribution is 2.22. The summed E-state index contributed by atoms with van der Waals surface area (Å²) >= 11 is 10.8. The zero-order chi connectivity index (χ0) is 15.6. The third kappa shape index (κ3) is 3.51. The number of nitrogens with zero attached hydrogens (tertiary/aromatic N) is 2. The number of benzene rings is 1. The zero-order valence-electron chi connectivity index (χ0n) is 11.7. The van der Waals surface area contributed by atoms with Crippen molar-refractivity contribution < 1.29 is 9.18 Å². The molecule has 4 nitrogen and oxygen atoms in total. The van der Waals surface area contributed by atoms with Gasteiger partial charge in [-0.3, -0.25) is 9.69 Å². The molecule has 7 heteroatoms. The van der Waals surface area contributed by atoms with Crippen LogP contribution in [-0.2, 0) is 0 Å². The highest BCUT2D eigenvalue weighted by Gasteiger charge is 2.27. The Morgan fingerprint density at radius 1 is 1.38 bits per heavy atom. The van der Waals surface area contributed by atoms with Gasteiger partial charge in [-0.2, -0.15) is 0 Å². The fourth-order valence-electron chi connectivity index (χ4n) is 2.33. The first-order valence-electron chi connectivity index (χ1n) is 6.68. The molecular weight excluding hydrogens is 313 g/mol. The third-order valence-electron chi connectivity index (χ3n) is 3.74. The smallest absolute Gasteiger partial charge is 0.255 e. The van der Waals surface area contributed by atoms with E-state index in [9.17, 15) is 9.18 Å². The van der Waals surface area contributed by atoms with E-state index in [4.69, 9.17) is 29.6 Å². The van der Waals surface area contributed by atoms with Gasteiger partial charge in [-0.25, -0.2) is 4.39 Å². The van der Waals surface area contributed by atoms with Gasteiger partial charge >= 0.3 is 0 Å². The summed E-state index contributed by atoms with van der Waals surface area (Å²) in [7, 11) is 0. The molecule has 0 saturated carbocycles. The summed E-state index contributed by atoms with van der Waals surface area (Å²) in [6.07, 6.45) is 0. The minimum atomic E-state index is -0.580. The first kappa shape index (κ1) is 16.1. The minimum Gasteiger partial charge on any atom is -0.392 e. The van der Waals surface area contributed by atoms with Crippen molar-refractivity contribution in [1.82, 2.24) is 9.80 Å². The SMILES string of the molecule is CC(C(N)=S)N1CCN(C(=O)c2cccc(F)c2Cl)CC1. The molecule has 21 heavy (non-hydrogen) atoms. The predicted molar refractivity (Wildman–Crippen MR) is 85.1 cm³/mol. The second-order valence-corrected chi connectivity index (χ2v) is 5.86. The molecule has 1 aliphatic heterocycles. The van der Waals surface area contributed by atoms with Crippen LogP contribution in [0.4, 0.5) is 4.39 Å². The van der Waals surface area contributed by atoms with Crippen LogP contribution in [0.2, 0.25) is 5.02 Å². The molecule has 0 spiro atoms. The number of hydrogen-bond acceptors (Lipinski definition) is 3. The monoisotopic (exact) mass is 329 g/mol. The van der Waals surface area contributed by atoms with E-state index in [1.165, 1.54) is 18.2 Å². The van der Waals surface area contributed by atoms with E-state index in [-0.39, 0.29) is 22.5 Å². The van der Waals surface area contributed by atoms with Crippen molar-refractivity contribution >= 4 is 34.7 Å². The Kier molecular flexibility index (Phi) is 5.13. The minimum absolute atomic E-state index is 0.00927. The summed E-state index contributed by atoms with van der Waals surface area (Å²) in [4.78, 5) is 16.6. The highest BCUT2D eigenvalue weighted by molar-refractivity contribution is 7.80. The number of carbonyl (C=O) groups is 1. The van der Waals surface area contributed by atoms with Gasteiger partial charge in [0, 0.05) is 26.2 Å². The average Bonchev–Trinajstić information content (AvgIpc) is 2.48. The average molecular weight is 330 g/mol. The number of rotatable bonds is 3. The molecule has 0 radical (unpaired) electrons. The van der Waals surface area contributed by atoms with Gasteiger partial charge in [0.25, 0.3) is 5.91 Å². The molecule has 2 N–H and O–H groups in total. The lowest BCUT2D eigenvalue weighted by Gasteiger charge is -2.37. The molecule has 1 unspecified atom stereocenters. The standard InChI is InChI=1S/C14H17ClFN3OS/c1-9(13(17)21)18-5-7-19(8-6-18)14(20)10-3-2-4-11(16)12(10)15/h2-4,9H,5-8H2,1H3,(H2,17,21). The summed E-state index contributed by atoms with van der Waals surface area (Å²) in [5, 5.41) is -0.124. The van der Waals surface area contributed by atoms with E-state index >= 15 is 0 Å². The van der Waals surface area contributed by atoms with Gasteiger partial charge in [-0.1, -0.05) is 29.9 Å². The number of hydrogen-bond donors (Lipinski definition) is 1. The van der Waals surface area contributed by atoms with Crippen LogP contribution >= 0.6 is 23.8 Å². The fourth-order valence-corrected chi connectivity index (χ4v) is 2.69. The third-order valence-corrected chi connectivity index (χ3v) is 4.47. The topological polar surface area (TPSA) is 49.6 Å². The van der Waals surface area contributed by atoms with E-state index in [0.717, 1.165) is 0 Å². The van der Waals surface area contributed by atoms with E-state index in [2.05, 4.69) is 4.90 Å². The molecule has 1 aromatic rings. The number of amides is 1. The Balaban J connectivity index is 2.04. The molecular formula is C14H17ClFN3OS. The number of carbonyl (C=O) groups excluding carboxylic acids is 1. The van der Waals surface area contributed by atoms with Crippen molar-refractivity contribution in [1.29, 1.82) is 0 Å². The van der Waals surface area contributed by atoms with Crippen LogP contribution in [0.25, 0.3) is 0 Å². The zero-order valence-corrected chi connectivity index (χ0v) is 13.3. The van der Waals surface area contributed by atoms with Crippen LogP contribution in [0.1, 0.15) is 17.3 Å². The largest absolute Gasteiger partial charge is 0.392 e. The summed E-state index contributed by atoms with van der Waals surface area (Å²) < 4.78 is 13.4. The van der Waals surface area contributed by atoms with Gasteiger partial charge in [0.2, 0.25) is 0 Å². The molecule has 1 atom stereocenters. The highest BCUT2D eigenvalue weighted by atomic mass is 35.5. The number of piperazine rings is 1. The molecule has 1 fully saturated rings. The summed E-state index contributed by atoms with van der Waals surface area (Å²) in [5.41, 5.74) is 5.84. The Morgan fingerprint density at radius 3 is 2.57 bits per heavy atom.